The Morgan fingerprint density at radius 3 is 2.69 bits per heavy atom. The number of hydrogen-bond acceptors (Lipinski definition) is 3. The van der Waals surface area contributed by atoms with Gasteiger partial charge in [-0.05, 0) is 26.3 Å². The maximum atomic E-state index is 12.3. The highest BCUT2D eigenvalue weighted by molar-refractivity contribution is 5.80. The first-order valence-electron chi connectivity index (χ1n) is 6.11. The van der Waals surface area contributed by atoms with Crippen LogP contribution < -0.4 is 5.32 Å². The lowest BCUT2D eigenvalue weighted by Gasteiger charge is -2.31. The van der Waals surface area contributed by atoms with Crippen LogP contribution in [0.25, 0.3) is 0 Å². The molecule has 4 heteroatoms. The fraction of sp³-hybridized carbons (Fsp3) is 0.917. The van der Waals surface area contributed by atoms with Gasteiger partial charge in [0.05, 0.1) is 18.6 Å². The van der Waals surface area contributed by atoms with Crippen molar-refractivity contribution in [1.29, 1.82) is 0 Å². The van der Waals surface area contributed by atoms with Crippen molar-refractivity contribution in [2.75, 3.05) is 33.4 Å². The molecule has 0 aromatic rings. The summed E-state index contributed by atoms with van der Waals surface area (Å²) in [6.45, 7) is 9.33. The molecule has 1 aliphatic rings. The Balaban J connectivity index is 2.61. The van der Waals surface area contributed by atoms with Gasteiger partial charge in [-0.3, -0.25) is 4.79 Å². The third-order valence-corrected chi connectivity index (χ3v) is 3.40. The van der Waals surface area contributed by atoms with Gasteiger partial charge in [-0.1, -0.05) is 6.92 Å². The van der Waals surface area contributed by atoms with Crippen LogP contribution in [0, 0.1) is 11.8 Å². The molecule has 0 bridgehead atoms. The van der Waals surface area contributed by atoms with Gasteiger partial charge in [-0.2, -0.15) is 0 Å². The van der Waals surface area contributed by atoms with Crippen molar-refractivity contribution in [3.63, 3.8) is 0 Å². The second-order valence-corrected chi connectivity index (χ2v) is 4.67. The number of nitrogens with one attached hydrogen (secondary N) is 1. The molecule has 94 valence electrons. The van der Waals surface area contributed by atoms with Crippen LogP contribution in [0.15, 0.2) is 0 Å². The van der Waals surface area contributed by atoms with Gasteiger partial charge in [-0.15, -0.1) is 0 Å². The van der Waals surface area contributed by atoms with Gasteiger partial charge >= 0.3 is 0 Å². The largest absolute Gasteiger partial charge is 0.383 e. The first-order valence-corrected chi connectivity index (χ1v) is 6.11. The van der Waals surface area contributed by atoms with E-state index in [0.29, 0.717) is 12.5 Å². The van der Waals surface area contributed by atoms with Crippen LogP contribution in [-0.2, 0) is 9.53 Å². The summed E-state index contributed by atoms with van der Waals surface area (Å²) >= 11 is 0. The van der Waals surface area contributed by atoms with E-state index in [1.165, 1.54) is 0 Å². The van der Waals surface area contributed by atoms with Gasteiger partial charge in [0.1, 0.15) is 0 Å². The quantitative estimate of drug-likeness (QED) is 0.754. The number of amides is 1. The van der Waals surface area contributed by atoms with E-state index in [2.05, 4.69) is 12.2 Å². The molecule has 16 heavy (non-hydrogen) atoms. The number of hydrogen-bond donors (Lipinski definition) is 1. The Morgan fingerprint density at radius 1 is 1.56 bits per heavy atom. The number of rotatable bonds is 5. The standard InChI is InChI=1S/C12H24N2O2/c1-5-14(10(3)8-16-4)12(15)11-7-13-6-9(11)2/h9-11,13H,5-8H2,1-4H3. The highest BCUT2D eigenvalue weighted by atomic mass is 16.5. The molecular formula is C12H24N2O2. The summed E-state index contributed by atoms with van der Waals surface area (Å²) in [6.07, 6.45) is 0. The van der Waals surface area contributed by atoms with Crippen molar-refractivity contribution >= 4 is 5.91 Å². The molecule has 0 aromatic heterocycles. The second-order valence-electron chi connectivity index (χ2n) is 4.67. The minimum Gasteiger partial charge on any atom is -0.383 e. The molecule has 0 saturated carbocycles. The topological polar surface area (TPSA) is 41.6 Å². The first kappa shape index (κ1) is 13.5. The molecule has 3 atom stereocenters. The van der Waals surface area contributed by atoms with E-state index in [0.717, 1.165) is 19.6 Å². The van der Waals surface area contributed by atoms with E-state index in [4.69, 9.17) is 4.74 Å². The van der Waals surface area contributed by atoms with Gasteiger partial charge < -0.3 is 15.0 Å². The van der Waals surface area contributed by atoms with E-state index in [1.807, 2.05) is 18.7 Å². The molecule has 1 saturated heterocycles. The molecule has 0 aliphatic carbocycles. The van der Waals surface area contributed by atoms with E-state index >= 15 is 0 Å². The predicted molar refractivity (Wildman–Crippen MR) is 64.2 cm³/mol. The van der Waals surface area contributed by atoms with E-state index < -0.39 is 0 Å². The minimum absolute atomic E-state index is 0.138. The highest BCUT2D eigenvalue weighted by Crippen LogP contribution is 2.19. The number of nitrogens with zero attached hydrogens (tertiary/aromatic N) is 1. The van der Waals surface area contributed by atoms with Crippen LogP contribution in [0.1, 0.15) is 20.8 Å². The fourth-order valence-electron chi connectivity index (χ4n) is 2.37. The smallest absolute Gasteiger partial charge is 0.227 e. The number of ether oxygens (including phenoxy) is 1. The number of likely N-dealkylation sites (N-methyl/N-ethyl adjacent to an activating group) is 1. The summed E-state index contributed by atoms with van der Waals surface area (Å²) in [7, 11) is 1.68. The predicted octanol–water partition coefficient (Wildman–Crippen LogP) is 0.725. The lowest BCUT2D eigenvalue weighted by atomic mass is 9.96. The molecule has 1 rings (SSSR count). The second kappa shape index (κ2) is 6.21. The average Bonchev–Trinajstić information content (AvgIpc) is 2.65. The van der Waals surface area contributed by atoms with Crippen LogP contribution in [0.5, 0.6) is 0 Å². The molecule has 0 aromatic carbocycles. The Bertz CT molecular complexity index is 233. The summed E-state index contributed by atoms with van der Waals surface area (Å²) in [6, 6.07) is 0.162. The maximum absolute atomic E-state index is 12.3. The first-order chi connectivity index (χ1) is 7.61. The summed E-state index contributed by atoms with van der Waals surface area (Å²) in [5, 5.41) is 3.27. The van der Waals surface area contributed by atoms with Crippen LogP contribution in [0.2, 0.25) is 0 Å². The molecule has 1 aliphatic heterocycles. The zero-order valence-corrected chi connectivity index (χ0v) is 10.8. The zero-order chi connectivity index (χ0) is 12.1. The SMILES string of the molecule is CCN(C(=O)C1CNCC1C)C(C)COC. The Hall–Kier alpha value is -0.610. The fourth-order valence-corrected chi connectivity index (χ4v) is 2.37. The monoisotopic (exact) mass is 228 g/mol. The summed E-state index contributed by atoms with van der Waals surface area (Å²) in [5.41, 5.74) is 0. The van der Waals surface area contributed by atoms with Gasteiger partial charge in [0.2, 0.25) is 5.91 Å². The van der Waals surface area contributed by atoms with E-state index in [-0.39, 0.29) is 17.9 Å². The molecule has 4 nitrogen and oxygen atoms in total. The Kier molecular flexibility index (Phi) is 5.22. The van der Waals surface area contributed by atoms with Crippen molar-refractivity contribution in [3.8, 4) is 0 Å². The molecule has 1 N–H and O–H groups in total. The number of carbonyl (C=O) groups is 1. The van der Waals surface area contributed by atoms with Crippen molar-refractivity contribution in [3.05, 3.63) is 0 Å². The Morgan fingerprint density at radius 2 is 2.25 bits per heavy atom. The lowest BCUT2D eigenvalue weighted by molar-refractivity contribution is -0.138. The third kappa shape index (κ3) is 2.95. The summed E-state index contributed by atoms with van der Waals surface area (Å²) < 4.78 is 5.12. The molecule has 1 amide bonds. The number of methoxy groups -OCH3 is 1. The van der Waals surface area contributed by atoms with Gasteiger partial charge in [0.15, 0.2) is 0 Å². The normalized spacial score (nSPS) is 26.8. The van der Waals surface area contributed by atoms with Gasteiger partial charge in [0, 0.05) is 20.2 Å². The van der Waals surface area contributed by atoms with Crippen molar-refractivity contribution in [1.82, 2.24) is 10.2 Å². The van der Waals surface area contributed by atoms with Crippen LogP contribution in [-0.4, -0.2) is 50.2 Å². The van der Waals surface area contributed by atoms with Crippen molar-refractivity contribution in [2.24, 2.45) is 11.8 Å². The molecule has 0 radical (unpaired) electrons. The zero-order valence-electron chi connectivity index (χ0n) is 10.8. The summed E-state index contributed by atoms with van der Waals surface area (Å²) in [5.74, 6) is 0.847. The number of carbonyl (C=O) groups excluding carboxylic acids is 1. The van der Waals surface area contributed by atoms with Gasteiger partial charge in [-0.25, -0.2) is 0 Å². The van der Waals surface area contributed by atoms with Crippen LogP contribution >= 0.6 is 0 Å². The molecule has 3 unspecified atom stereocenters. The minimum atomic E-state index is 0.138. The molecular weight excluding hydrogens is 204 g/mol. The maximum Gasteiger partial charge on any atom is 0.227 e. The van der Waals surface area contributed by atoms with E-state index in [9.17, 15) is 4.79 Å². The van der Waals surface area contributed by atoms with E-state index in [1.54, 1.807) is 7.11 Å². The average molecular weight is 228 g/mol. The molecule has 0 spiro atoms. The van der Waals surface area contributed by atoms with Crippen LogP contribution in [0.4, 0.5) is 0 Å². The summed E-state index contributed by atoms with van der Waals surface area (Å²) in [4.78, 5) is 14.3. The molecule has 1 heterocycles. The third-order valence-electron chi connectivity index (χ3n) is 3.40. The lowest BCUT2D eigenvalue weighted by Crippen LogP contribution is -2.45. The molecule has 1 fully saturated rings. The van der Waals surface area contributed by atoms with Gasteiger partial charge in [0.25, 0.3) is 0 Å². The Labute approximate surface area is 98.3 Å². The van der Waals surface area contributed by atoms with Crippen molar-refractivity contribution in [2.45, 2.75) is 26.8 Å². The highest BCUT2D eigenvalue weighted by Gasteiger charge is 2.33. The van der Waals surface area contributed by atoms with Crippen LogP contribution in [0.3, 0.4) is 0 Å². The van der Waals surface area contributed by atoms with Crippen molar-refractivity contribution < 1.29 is 9.53 Å².